The summed E-state index contributed by atoms with van der Waals surface area (Å²) in [5.74, 6) is 1.35. The van der Waals surface area contributed by atoms with Gasteiger partial charge in [0.25, 0.3) is 0 Å². The lowest BCUT2D eigenvalue weighted by atomic mass is 10.2. The van der Waals surface area contributed by atoms with Gasteiger partial charge in [0.05, 0.1) is 21.5 Å². The van der Waals surface area contributed by atoms with Crippen LogP contribution in [-0.2, 0) is 0 Å². The maximum atomic E-state index is 6.33. The number of hydrogen-bond donors (Lipinski definition) is 0. The average Bonchev–Trinajstić information content (AvgIpc) is 2.51. The zero-order chi connectivity index (χ0) is 16.1. The number of aliphatic imine (C=N–C) groups is 1. The Morgan fingerprint density at radius 3 is 2.68 bits per heavy atom. The van der Waals surface area contributed by atoms with Gasteiger partial charge in [-0.3, -0.25) is 0 Å². The standard InChI is InChI=1S/C17H18BrClN2O/c1-4-21(3)11-20-15-10-14(19)17(9-12(15)2)22-16-8-6-5-7-13(16)18/h5-11H,4H2,1-3H3/b20-11+. The quantitative estimate of drug-likeness (QED) is 0.482. The number of hydrogen-bond acceptors (Lipinski definition) is 2. The van der Waals surface area contributed by atoms with E-state index in [1.54, 1.807) is 6.34 Å². The molecule has 0 saturated carbocycles. The van der Waals surface area contributed by atoms with Crippen LogP contribution in [0.15, 0.2) is 45.9 Å². The van der Waals surface area contributed by atoms with Gasteiger partial charge < -0.3 is 9.64 Å². The van der Waals surface area contributed by atoms with Gasteiger partial charge in [-0.05, 0) is 59.6 Å². The summed E-state index contributed by atoms with van der Waals surface area (Å²) in [4.78, 5) is 6.45. The summed E-state index contributed by atoms with van der Waals surface area (Å²) in [6.45, 7) is 4.96. The first kappa shape index (κ1) is 16.8. The molecule has 0 aliphatic heterocycles. The first-order valence-corrected chi connectivity index (χ1v) is 8.15. The molecule has 0 heterocycles. The van der Waals surface area contributed by atoms with E-state index in [0.29, 0.717) is 10.8 Å². The molecule has 0 spiro atoms. The summed E-state index contributed by atoms with van der Waals surface area (Å²) in [7, 11) is 1.98. The molecular formula is C17H18BrClN2O. The van der Waals surface area contributed by atoms with E-state index in [-0.39, 0.29) is 0 Å². The molecule has 0 amide bonds. The Bertz CT molecular complexity index is 688. The van der Waals surface area contributed by atoms with E-state index < -0.39 is 0 Å². The SMILES string of the molecule is CCN(C)/C=N/c1cc(Cl)c(Oc2ccccc2Br)cc1C. The molecule has 3 nitrogen and oxygen atoms in total. The number of ether oxygens (including phenoxy) is 1. The number of benzene rings is 2. The highest BCUT2D eigenvalue weighted by Gasteiger charge is 2.09. The van der Waals surface area contributed by atoms with E-state index in [4.69, 9.17) is 16.3 Å². The van der Waals surface area contributed by atoms with Crippen LogP contribution in [0.2, 0.25) is 5.02 Å². The largest absolute Gasteiger partial charge is 0.455 e. The van der Waals surface area contributed by atoms with Crippen molar-refractivity contribution in [1.29, 1.82) is 0 Å². The predicted octanol–water partition coefficient (Wildman–Crippen LogP) is 5.81. The number of aryl methyl sites for hydroxylation is 1. The molecule has 0 aliphatic carbocycles. The van der Waals surface area contributed by atoms with Crippen LogP contribution in [0.1, 0.15) is 12.5 Å². The topological polar surface area (TPSA) is 24.8 Å². The number of para-hydroxylation sites is 1. The lowest BCUT2D eigenvalue weighted by molar-refractivity contribution is 0.479. The molecule has 0 saturated heterocycles. The fourth-order valence-corrected chi connectivity index (χ4v) is 2.31. The van der Waals surface area contributed by atoms with Crippen molar-refractivity contribution in [2.75, 3.05) is 13.6 Å². The highest BCUT2D eigenvalue weighted by molar-refractivity contribution is 9.10. The molecule has 116 valence electrons. The highest BCUT2D eigenvalue weighted by Crippen LogP contribution is 2.37. The molecule has 0 unspecified atom stereocenters. The third-order valence-electron chi connectivity index (χ3n) is 3.20. The Morgan fingerprint density at radius 1 is 1.27 bits per heavy atom. The van der Waals surface area contributed by atoms with E-state index in [9.17, 15) is 0 Å². The van der Waals surface area contributed by atoms with E-state index >= 15 is 0 Å². The predicted molar refractivity (Wildman–Crippen MR) is 96.9 cm³/mol. The monoisotopic (exact) mass is 380 g/mol. The van der Waals surface area contributed by atoms with E-state index in [1.807, 2.05) is 55.3 Å². The first-order valence-electron chi connectivity index (χ1n) is 6.98. The molecule has 5 heteroatoms. The van der Waals surface area contributed by atoms with Crippen molar-refractivity contribution in [1.82, 2.24) is 4.90 Å². The molecule has 2 aromatic rings. The van der Waals surface area contributed by atoms with Crippen LogP contribution in [-0.4, -0.2) is 24.8 Å². The summed E-state index contributed by atoms with van der Waals surface area (Å²) < 4.78 is 6.77. The molecule has 0 fully saturated rings. The summed E-state index contributed by atoms with van der Waals surface area (Å²) in [5.41, 5.74) is 1.84. The lowest BCUT2D eigenvalue weighted by Crippen LogP contribution is -2.14. The Morgan fingerprint density at radius 2 is 2.00 bits per heavy atom. The summed E-state index contributed by atoms with van der Waals surface area (Å²) in [6, 6.07) is 11.4. The molecule has 2 aromatic carbocycles. The lowest BCUT2D eigenvalue weighted by Gasteiger charge is -2.12. The molecular weight excluding hydrogens is 364 g/mol. The van der Waals surface area contributed by atoms with Gasteiger partial charge in [0.15, 0.2) is 0 Å². The summed E-state index contributed by atoms with van der Waals surface area (Å²) in [5, 5.41) is 0.535. The number of halogens is 2. The molecule has 0 aromatic heterocycles. The van der Waals surface area contributed by atoms with Gasteiger partial charge in [-0.15, -0.1) is 0 Å². The van der Waals surface area contributed by atoms with Crippen molar-refractivity contribution < 1.29 is 4.74 Å². The Kier molecular flexibility index (Phi) is 5.86. The normalized spacial score (nSPS) is 11.0. The first-order chi connectivity index (χ1) is 10.5. The molecule has 0 atom stereocenters. The molecule has 0 N–H and O–H groups in total. The van der Waals surface area contributed by atoms with Crippen LogP contribution in [0.4, 0.5) is 5.69 Å². The fraction of sp³-hybridized carbons (Fsp3) is 0.235. The second kappa shape index (κ2) is 7.65. The molecule has 0 radical (unpaired) electrons. The minimum absolute atomic E-state index is 0.535. The van der Waals surface area contributed by atoms with Crippen LogP contribution >= 0.6 is 27.5 Å². The van der Waals surface area contributed by atoms with Gasteiger partial charge in [0.1, 0.15) is 11.5 Å². The Hall–Kier alpha value is -1.52. The second-order valence-electron chi connectivity index (χ2n) is 4.92. The van der Waals surface area contributed by atoms with Gasteiger partial charge in [-0.2, -0.15) is 0 Å². The molecule has 22 heavy (non-hydrogen) atoms. The maximum absolute atomic E-state index is 6.33. The highest BCUT2D eigenvalue weighted by atomic mass is 79.9. The van der Waals surface area contributed by atoms with Crippen molar-refractivity contribution >= 4 is 39.6 Å². The maximum Gasteiger partial charge on any atom is 0.146 e. The van der Waals surface area contributed by atoms with Crippen molar-refractivity contribution in [2.45, 2.75) is 13.8 Å². The second-order valence-corrected chi connectivity index (χ2v) is 6.18. The smallest absolute Gasteiger partial charge is 0.146 e. The van der Waals surface area contributed by atoms with Gasteiger partial charge in [-0.1, -0.05) is 23.7 Å². The van der Waals surface area contributed by atoms with Crippen molar-refractivity contribution in [3.63, 3.8) is 0 Å². The third-order valence-corrected chi connectivity index (χ3v) is 4.15. The minimum atomic E-state index is 0.535. The minimum Gasteiger partial charge on any atom is -0.455 e. The van der Waals surface area contributed by atoms with E-state index in [0.717, 1.165) is 28.0 Å². The van der Waals surface area contributed by atoms with Gasteiger partial charge in [-0.25, -0.2) is 4.99 Å². The van der Waals surface area contributed by atoms with Crippen LogP contribution in [0.25, 0.3) is 0 Å². The fourth-order valence-electron chi connectivity index (χ4n) is 1.75. The summed E-state index contributed by atoms with van der Waals surface area (Å²) >= 11 is 9.79. The van der Waals surface area contributed by atoms with Gasteiger partial charge >= 0.3 is 0 Å². The van der Waals surface area contributed by atoms with Crippen molar-refractivity contribution in [3.05, 3.63) is 51.5 Å². The van der Waals surface area contributed by atoms with E-state index in [1.165, 1.54) is 0 Å². The zero-order valence-electron chi connectivity index (χ0n) is 12.8. The van der Waals surface area contributed by atoms with Gasteiger partial charge in [0.2, 0.25) is 0 Å². The number of rotatable bonds is 5. The van der Waals surface area contributed by atoms with Crippen LogP contribution < -0.4 is 4.74 Å². The molecule has 2 rings (SSSR count). The Balaban J connectivity index is 2.27. The van der Waals surface area contributed by atoms with Crippen LogP contribution in [0, 0.1) is 6.92 Å². The van der Waals surface area contributed by atoms with Crippen molar-refractivity contribution in [3.8, 4) is 11.5 Å². The zero-order valence-corrected chi connectivity index (χ0v) is 15.1. The van der Waals surface area contributed by atoms with Crippen LogP contribution in [0.5, 0.6) is 11.5 Å². The number of nitrogens with zero attached hydrogens (tertiary/aromatic N) is 2. The molecule has 0 bridgehead atoms. The van der Waals surface area contributed by atoms with Crippen molar-refractivity contribution in [2.24, 2.45) is 4.99 Å². The Labute approximate surface area is 144 Å². The van der Waals surface area contributed by atoms with Gasteiger partial charge in [0, 0.05) is 13.6 Å². The van der Waals surface area contributed by atoms with E-state index in [2.05, 4.69) is 27.8 Å². The van der Waals surface area contributed by atoms with Crippen LogP contribution in [0.3, 0.4) is 0 Å². The molecule has 0 aliphatic rings. The third kappa shape index (κ3) is 4.24. The summed E-state index contributed by atoms with van der Waals surface area (Å²) in [6.07, 6.45) is 1.80. The average molecular weight is 382 g/mol.